The van der Waals surface area contributed by atoms with Gasteiger partial charge >= 0.3 is 11.9 Å². The number of nitrogens with one attached hydrogen (secondary N) is 1. The van der Waals surface area contributed by atoms with E-state index in [1.807, 2.05) is 6.92 Å². The number of nitrogens with zero attached hydrogens (tertiary/aromatic N) is 1. The highest BCUT2D eigenvalue weighted by Gasteiger charge is 2.35. The van der Waals surface area contributed by atoms with E-state index in [0.29, 0.717) is 18.9 Å². The lowest BCUT2D eigenvalue weighted by Gasteiger charge is -2.31. The van der Waals surface area contributed by atoms with Crippen LogP contribution in [0.1, 0.15) is 83.6 Å². The Hall–Kier alpha value is -2.88. The molecule has 0 radical (unpaired) electrons. The van der Waals surface area contributed by atoms with Gasteiger partial charge in [0.15, 0.2) is 17.2 Å². The van der Waals surface area contributed by atoms with Crippen molar-refractivity contribution in [3.63, 3.8) is 0 Å². The molecule has 0 spiro atoms. The molecule has 10 heteroatoms. The van der Waals surface area contributed by atoms with Crippen LogP contribution in [0.15, 0.2) is 12.3 Å². The number of ether oxygens (including phenoxy) is 5. The minimum Gasteiger partial charge on any atom is -0.493 e. The average Bonchev–Trinajstić information content (AvgIpc) is 2.90. The molecule has 4 atom stereocenters. The van der Waals surface area contributed by atoms with Gasteiger partial charge in [0.05, 0.1) is 13.2 Å². The number of amides is 1. The molecule has 0 aliphatic carbocycles. The van der Waals surface area contributed by atoms with Crippen LogP contribution in [-0.2, 0) is 23.8 Å². The number of hydrogen-bond donors (Lipinski definition) is 1. The van der Waals surface area contributed by atoms with Crippen molar-refractivity contribution < 1.29 is 38.1 Å². The average molecular weight is 523 g/mol. The van der Waals surface area contributed by atoms with Crippen molar-refractivity contribution in [1.82, 2.24) is 10.3 Å². The molecule has 1 N–H and O–H groups in total. The summed E-state index contributed by atoms with van der Waals surface area (Å²) in [6.07, 6.45) is 5.68. The van der Waals surface area contributed by atoms with Gasteiger partial charge in [-0.2, -0.15) is 0 Å². The van der Waals surface area contributed by atoms with Crippen LogP contribution in [-0.4, -0.2) is 61.6 Å². The van der Waals surface area contributed by atoms with Gasteiger partial charge in [0, 0.05) is 25.8 Å². The smallest absolute Gasteiger partial charge is 0.329 e. The van der Waals surface area contributed by atoms with E-state index in [2.05, 4.69) is 31.1 Å². The van der Waals surface area contributed by atoms with Crippen LogP contribution in [0.5, 0.6) is 11.5 Å². The summed E-state index contributed by atoms with van der Waals surface area (Å²) in [5, 5.41) is 2.75. The second-order valence-corrected chi connectivity index (χ2v) is 9.75. The third-order valence-electron chi connectivity index (χ3n) is 6.28. The first kappa shape index (κ1) is 30.3. The molecule has 1 aliphatic rings. The number of hydrogen-bond acceptors (Lipinski definition) is 9. The Morgan fingerprint density at radius 1 is 1.27 bits per heavy atom. The third kappa shape index (κ3) is 9.50. The van der Waals surface area contributed by atoms with Gasteiger partial charge in [-0.15, -0.1) is 0 Å². The Morgan fingerprint density at radius 2 is 2.03 bits per heavy atom. The minimum absolute atomic E-state index is 0.00957. The molecule has 1 fully saturated rings. The van der Waals surface area contributed by atoms with Crippen LogP contribution in [0.3, 0.4) is 0 Å². The second-order valence-electron chi connectivity index (χ2n) is 9.75. The van der Waals surface area contributed by atoms with Gasteiger partial charge < -0.3 is 29.0 Å². The van der Waals surface area contributed by atoms with Crippen molar-refractivity contribution in [3.05, 3.63) is 18.0 Å². The summed E-state index contributed by atoms with van der Waals surface area (Å²) in [7, 11) is 1.42. The summed E-state index contributed by atoms with van der Waals surface area (Å²) in [4.78, 5) is 41.6. The molecule has 1 amide bonds. The summed E-state index contributed by atoms with van der Waals surface area (Å²) in [6.45, 7) is 9.73. The maximum Gasteiger partial charge on any atom is 0.329 e. The maximum absolute atomic E-state index is 13.2. The monoisotopic (exact) mass is 522 g/mol. The predicted octanol–water partition coefficient (Wildman–Crippen LogP) is 4.05. The fourth-order valence-electron chi connectivity index (χ4n) is 4.39. The van der Waals surface area contributed by atoms with Crippen molar-refractivity contribution in [2.75, 3.05) is 20.5 Å². The van der Waals surface area contributed by atoms with E-state index < -0.39 is 36.8 Å². The van der Waals surface area contributed by atoms with Gasteiger partial charge in [0.2, 0.25) is 6.79 Å². The van der Waals surface area contributed by atoms with Crippen LogP contribution >= 0.6 is 0 Å². The molecule has 1 saturated heterocycles. The molecule has 2 rings (SSSR count). The van der Waals surface area contributed by atoms with Crippen LogP contribution in [0.4, 0.5) is 0 Å². The first-order chi connectivity index (χ1) is 17.7. The molecule has 0 bridgehead atoms. The van der Waals surface area contributed by atoms with Gasteiger partial charge in [-0.25, -0.2) is 9.78 Å². The summed E-state index contributed by atoms with van der Waals surface area (Å²) >= 11 is 0. The molecule has 1 aliphatic heterocycles. The van der Waals surface area contributed by atoms with E-state index in [1.165, 1.54) is 26.3 Å². The topological polar surface area (TPSA) is 122 Å². The molecular formula is C27H42N2O8. The lowest BCUT2D eigenvalue weighted by Crippen LogP contribution is -2.44. The van der Waals surface area contributed by atoms with E-state index in [4.69, 9.17) is 23.7 Å². The van der Waals surface area contributed by atoms with Gasteiger partial charge in [0.25, 0.3) is 5.91 Å². The standard InChI is InChI=1S/C27H42N2O8/c1-7-15-34-24-18(4)37-27(32)21(10-8-9-20(24)12-11-17(2)3)29-26(31)23-25(36-16-35-19(5)30)22(33-6)13-14-28-23/h13-14,17-18,20-21,24H,7-12,15-16H2,1-6H3,(H,29,31)/t18-,20+,21-,24-/m0/s1. The molecule has 2 heterocycles. The SMILES string of the molecule is CCCO[C@@H]1[C@@H](CCC(C)C)CCC[C@H](NC(=O)c2nccc(OC)c2OCOC(C)=O)C(=O)O[C@H]1C. The summed E-state index contributed by atoms with van der Waals surface area (Å²) < 4.78 is 27.6. The Balaban J connectivity index is 2.20. The van der Waals surface area contributed by atoms with Crippen LogP contribution < -0.4 is 14.8 Å². The number of methoxy groups -OCH3 is 1. The van der Waals surface area contributed by atoms with Crippen molar-refractivity contribution in [2.45, 2.75) is 91.4 Å². The molecule has 0 unspecified atom stereocenters. The molecular weight excluding hydrogens is 480 g/mol. The number of cyclic esters (lactones) is 1. The number of esters is 2. The van der Waals surface area contributed by atoms with Gasteiger partial charge in [0.1, 0.15) is 12.1 Å². The second kappa shape index (κ2) is 15.4. The lowest BCUT2D eigenvalue weighted by atomic mass is 9.86. The number of carbonyl (C=O) groups is 3. The molecule has 0 aromatic carbocycles. The highest BCUT2D eigenvalue weighted by Crippen LogP contribution is 2.31. The molecule has 0 saturated carbocycles. The highest BCUT2D eigenvalue weighted by molar-refractivity contribution is 5.98. The van der Waals surface area contributed by atoms with Crippen LogP contribution in [0, 0.1) is 11.8 Å². The fraction of sp³-hybridized carbons (Fsp3) is 0.704. The zero-order valence-corrected chi connectivity index (χ0v) is 22.9. The Morgan fingerprint density at radius 3 is 2.68 bits per heavy atom. The number of carbonyl (C=O) groups excluding carboxylic acids is 3. The quantitative estimate of drug-likeness (QED) is 0.320. The zero-order chi connectivity index (χ0) is 27.4. The van der Waals surface area contributed by atoms with Crippen molar-refractivity contribution in [2.24, 2.45) is 11.8 Å². The van der Waals surface area contributed by atoms with Crippen molar-refractivity contribution >= 4 is 17.8 Å². The summed E-state index contributed by atoms with van der Waals surface area (Å²) in [5.41, 5.74) is -0.0915. The fourth-order valence-corrected chi connectivity index (χ4v) is 4.39. The Kier molecular flexibility index (Phi) is 12.6. The first-order valence-electron chi connectivity index (χ1n) is 13.1. The number of rotatable bonds is 12. The molecule has 1 aromatic heterocycles. The Labute approximate surface area is 219 Å². The van der Waals surface area contributed by atoms with Gasteiger partial charge in [-0.3, -0.25) is 9.59 Å². The van der Waals surface area contributed by atoms with Crippen LogP contribution in [0.2, 0.25) is 0 Å². The van der Waals surface area contributed by atoms with Gasteiger partial charge in [-0.1, -0.05) is 33.6 Å². The van der Waals surface area contributed by atoms with E-state index >= 15 is 0 Å². The van der Waals surface area contributed by atoms with E-state index in [0.717, 1.165) is 32.1 Å². The first-order valence-corrected chi connectivity index (χ1v) is 13.1. The Bertz CT molecular complexity index is 891. The number of aromatic nitrogens is 1. The number of pyridine rings is 1. The van der Waals surface area contributed by atoms with E-state index in [1.54, 1.807) is 0 Å². The lowest BCUT2D eigenvalue weighted by molar-refractivity contribution is -0.161. The highest BCUT2D eigenvalue weighted by atomic mass is 16.7. The molecule has 10 nitrogen and oxygen atoms in total. The zero-order valence-electron chi connectivity index (χ0n) is 22.9. The molecule has 208 valence electrons. The third-order valence-corrected chi connectivity index (χ3v) is 6.28. The minimum atomic E-state index is -0.861. The largest absolute Gasteiger partial charge is 0.493 e. The molecule has 1 aromatic rings. The maximum atomic E-state index is 13.2. The summed E-state index contributed by atoms with van der Waals surface area (Å²) in [5.74, 6) is -0.604. The van der Waals surface area contributed by atoms with Gasteiger partial charge in [-0.05, 0) is 44.4 Å². The van der Waals surface area contributed by atoms with E-state index in [-0.39, 0.29) is 29.2 Å². The van der Waals surface area contributed by atoms with Crippen molar-refractivity contribution in [1.29, 1.82) is 0 Å². The van der Waals surface area contributed by atoms with Crippen molar-refractivity contribution in [3.8, 4) is 11.5 Å². The van der Waals surface area contributed by atoms with E-state index in [9.17, 15) is 14.4 Å². The van der Waals surface area contributed by atoms with Crippen LogP contribution in [0.25, 0.3) is 0 Å². The summed E-state index contributed by atoms with van der Waals surface area (Å²) in [6, 6.07) is 0.656. The normalized spacial score (nSPS) is 22.3. The predicted molar refractivity (Wildman–Crippen MR) is 136 cm³/mol. The molecule has 37 heavy (non-hydrogen) atoms.